The third kappa shape index (κ3) is 3.13. The van der Waals surface area contributed by atoms with Gasteiger partial charge in [0.2, 0.25) is 0 Å². The van der Waals surface area contributed by atoms with Crippen molar-refractivity contribution in [1.82, 2.24) is 9.97 Å². The lowest BCUT2D eigenvalue weighted by Gasteiger charge is -2.12. The minimum absolute atomic E-state index is 0.945. The van der Waals surface area contributed by atoms with Gasteiger partial charge in [-0.25, -0.2) is 9.97 Å². The molecule has 0 aromatic carbocycles. The number of rotatable bonds is 4. The minimum Gasteiger partial charge on any atom is -0.369 e. The summed E-state index contributed by atoms with van der Waals surface area (Å²) in [6.45, 7) is 0.945. The van der Waals surface area contributed by atoms with Gasteiger partial charge in [0, 0.05) is 17.8 Å². The van der Waals surface area contributed by atoms with Crippen LogP contribution in [0.4, 0.5) is 5.82 Å². The second kappa shape index (κ2) is 6.15. The van der Waals surface area contributed by atoms with E-state index in [1.165, 1.54) is 36.1 Å². The van der Waals surface area contributed by atoms with Crippen molar-refractivity contribution in [2.24, 2.45) is 0 Å². The van der Waals surface area contributed by atoms with E-state index in [4.69, 9.17) is 0 Å². The molecule has 0 bridgehead atoms. The fourth-order valence-corrected chi connectivity index (χ4v) is 3.31. The van der Waals surface area contributed by atoms with E-state index < -0.39 is 0 Å². The maximum absolute atomic E-state index is 4.45. The predicted molar refractivity (Wildman–Crippen MR) is 79.8 cm³/mol. The molecule has 0 amide bonds. The molecule has 19 heavy (non-hydrogen) atoms. The van der Waals surface area contributed by atoms with E-state index in [2.05, 4.69) is 32.1 Å². The Morgan fingerprint density at radius 1 is 1.16 bits per heavy atom. The van der Waals surface area contributed by atoms with Gasteiger partial charge in [0.25, 0.3) is 0 Å². The van der Waals surface area contributed by atoms with Crippen LogP contribution in [-0.4, -0.2) is 16.5 Å². The molecule has 1 aliphatic carbocycles. The van der Waals surface area contributed by atoms with Crippen molar-refractivity contribution in [3.8, 4) is 0 Å². The van der Waals surface area contributed by atoms with Gasteiger partial charge in [0.1, 0.15) is 12.1 Å². The summed E-state index contributed by atoms with van der Waals surface area (Å²) in [5.41, 5.74) is 4.01. The average molecular weight is 273 g/mol. The molecular formula is C15H19N3S. The molecule has 0 saturated carbocycles. The Bertz CT molecular complexity index is 522. The van der Waals surface area contributed by atoms with Crippen LogP contribution in [0.5, 0.6) is 0 Å². The number of nitrogens with one attached hydrogen (secondary N) is 1. The van der Waals surface area contributed by atoms with Gasteiger partial charge < -0.3 is 5.32 Å². The molecule has 100 valence electrons. The van der Waals surface area contributed by atoms with Crippen LogP contribution >= 0.6 is 11.3 Å². The van der Waals surface area contributed by atoms with E-state index in [1.54, 1.807) is 17.7 Å². The first kappa shape index (κ1) is 12.6. The Morgan fingerprint density at radius 2 is 2.11 bits per heavy atom. The number of hydrogen-bond acceptors (Lipinski definition) is 4. The molecule has 0 aliphatic heterocycles. The topological polar surface area (TPSA) is 37.8 Å². The van der Waals surface area contributed by atoms with Gasteiger partial charge in [0.15, 0.2) is 0 Å². The van der Waals surface area contributed by atoms with E-state index in [0.717, 1.165) is 31.6 Å². The van der Waals surface area contributed by atoms with Crippen molar-refractivity contribution in [2.45, 2.75) is 38.5 Å². The zero-order valence-corrected chi connectivity index (χ0v) is 11.9. The maximum atomic E-state index is 4.45. The highest BCUT2D eigenvalue weighted by Gasteiger charge is 2.13. The number of anilines is 1. The van der Waals surface area contributed by atoms with Gasteiger partial charge in [0.05, 0.1) is 0 Å². The average Bonchev–Trinajstić information content (AvgIpc) is 2.82. The third-order valence-corrected chi connectivity index (χ3v) is 4.39. The second-order valence-corrected chi connectivity index (χ2v) is 5.80. The van der Waals surface area contributed by atoms with Crippen molar-refractivity contribution in [2.75, 3.05) is 11.9 Å². The Balaban J connectivity index is 1.67. The van der Waals surface area contributed by atoms with Gasteiger partial charge in [-0.2, -0.15) is 11.3 Å². The Hall–Kier alpha value is -1.42. The molecule has 0 saturated heterocycles. The lowest BCUT2D eigenvalue weighted by atomic mass is 10.1. The standard InChI is InChI=1S/C15H19N3S/c1-2-4-13-14(5-3-1)17-11-18-15(13)16-8-6-12-7-9-19-10-12/h7,9-11H,1-6,8H2,(H,16,17,18). The number of hydrogen-bond donors (Lipinski definition) is 1. The molecule has 2 heterocycles. The summed E-state index contributed by atoms with van der Waals surface area (Å²) < 4.78 is 0. The third-order valence-electron chi connectivity index (χ3n) is 3.66. The highest BCUT2D eigenvalue weighted by molar-refractivity contribution is 7.07. The van der Waals surface area contributed by atoms with E-state index >= 15 is 0 Å². The van der Waals surface area contributed by atoms with Crippen LogP contribution < -0.4 is 5.32 Å². The molecule has 4 heteroatoms. The molecule has 2 aromatic heterocycles. The van der Waals surface area contributed by atoms with Crippen LogP contribution in [0.1, 0.15) is 36.1 Å². The first-order valence-electron chi connectivity index (χ1n) is 7.01. The molecule has 1 N–H and O–H groups in total. The van der Waals surface area contributed by atoms with Crippen LogP contribution in [0, 0.1) is 0 Å². The molecular weight excluding hydrogens is 254 g/mol. The summed E-state index contributed by atoms with van der Waals surface area (Å²) in [7, 11) is 0. The van der Waals surface area contributed by atoms with Crippen molar-refractivity contribution >= 4 is 17.2 Å². The highest BCUT2D eigenvalue weighted by Crippen LogP contribution is 2.23. The van der Waals surface area contributed by atoms with E-state index in [0.29, 0.717) is 0 Å². The van der Waals surface area contributed by atoms with Gasteiger partial charge in [-0.05, 0) is 54.5 Å². The SMILES string of the molecule is c1nc2c(c(NCCc3ccsc3)n1)CCCCC2. The molecule has 0 atom stereocenters. The molecule has 3 nitrogen and oxygen atoms in total. The molecule has 3 rings (SSSR count). The van der Waals surface area contributed by atoms with Gasteiger partial charge in [-0.3, -0.25) is 0 Å². The zero-order chi connectivity index (χ0) is 12.9. The summed E-state index contributed by atoms with van der Waals surface area (Å²) in [5.74, 6) is 1.06. The smallest absolute Gasteiger partial charge is 0.132 e. The summed E-state index contributed by atoms with van der Waals surface area (Å²) in [4.78, 5) is 8.88. The second-order valence-electron chi connectivity index (χ2n) is 5.02. The number of nitrogens with zero attached hydrogens (tertiary/aromatic N) is 2. The number of fused-ring (bicyclic) bond motifs is 1. The molecule has 0 fully saturated rings. The van der Waals surface area contributed by atoms with Crippen LogP contribution in [-0.2, 0) is 19.3 Å². The van der Waals surface area contributed by atoms with Crippen molar-refractivity contribution in [3.05, 3.63) is 40.0 Å². The Labute approximate surface area is 118 Å². The molecule has 1 aliphatic rings. The van der Waals surface area contributed by atoms with Crippen LogP contribution in [0.25, 0.3) is 0 Å². The number of thiophene rings is 1. The first-order valence-corrected chi connectivity index (χ1v) is 7.95. The van der Waals surface area contributed by atoms with Crippen molar-refractivity contribution in [1.29, 1.82) is 0 Å². The fourth-order valence-electron chi connectivity index (χ4n) is 2.61. The maximum Gasteiger partial charge on any atom is 0.132 e. The predicted octanol–water partition coefficient (Wildman–Crippen LogP) is 3.46. The monoisotopic (exact) mass is 273 g/mol. The molecule has 2 aromatic rings. The largest absolute Gasteiger partial charge is 0.369 e. The zero-order valence-electron chi connectivity index (χ0n) is 11.1. The Kier molecular flexibility index (Phi) is 4.08. The fraction of sp³-hybridized carbons (Fsp3) is 0.467. The lowest BCUT2D eigenvalue weighted by molar-refractivity contribution is 0.708. The molecule has 0 radical (unpaired) electrons. The van der Waals surface area contributed by atoms with Gasteiger partial charge in [-0.1, -0.05) is 6.42 Å². The lowest BCUT2D eigenvalue weighted by Crippen LogP contribution is -2.10. The normalized spacial score (nSPS) is 14.7. The Morgan fingerprint density at radius 3 is 3.00 bits per heavy atom. The quantitative estimate of drug-likeness (QED) is 0.867. The minimum atomic E-state index is 0.945. The highest BCUT2D eigenvalue weighted by atomic mass is 32.1. The van der Waals surface area contributed by atoms with Crippen LogP contribution in [0.3, 0.4) is 0 Å². The van der Waals surface area contributed by atoms with Crippen LogP contribution in [0.2, 0.25) is 0 Å². The first-order chi connectivity index (χ1) is 9.43. The van der Waals surface area contributed by atoms with Crippen molar-refractivity contribution < 1.29 is 0 Å². The summed E-state index contributed by atoms with van der Waals surface area (Å²) >= 11 is 1.76. The van der Waals surface area contributed by atoms with E-state index in [9.17, 15) is 0 Å². The summed E-state index contributed by atoms with van der Waals surface area (Å²) in [5, 5.41) is 7.83. The van der Waals surface area contributed by atoms with Gasteiger partial charge >= 0.3 is 0 Å². The summed E-state index contributed by atoms with van der Waals surface area (Å²) in [6.07, 6.45) is 8.83. The van der Waals surface area contributed by atoms with E-state index in [1.807, 2.05) is 0 Å². The molecule has 0 unspecified atom stereocenters. The molecule has 0 spiro atoms. The number of aromatic nitrogens is 2. The summed E-state index contributed by atoms with van der Waals surface area (Å²) in [6, 6.07) is 2.19. The van der Waals surface area contributed by atoms with E-state index in [-0.39, 0.29) is 0 Å². The van der Waals surface area contributed by atoms with Crippen molar-refractivity contribution in [3.63, 3.8) is 0 Å². The number of aryl methyl sites for hydroxylation is 1. The van der Waals surface area contributed by atoms with Crippen LogP contribution in [0.15, 0.2) is 23.2 Å². The van der Waals surface area contributed by atoms with Gasteiger partial charge in [-0.15, -0.1) is 0 Å².